The molecule has 1 aliphatic rings. The number of rotatable bonds is 4. The summed E-state index contributed by atoms with van der Waals surface area (Å²) in [5.74, 6) is 1.73. The number of likely N-dealkylation sites (tertiary alicyclic amines) is 1. The number of hydrogen-bond donors (Lipinski definition) is 2. The van der Waals surface area contributed by atoms with Gasteiger partial charge >= 0.3 is 0 Å². The Kier molecular flexibility index (Phi) is 4.66. The topological polar surface area (TPSA) is 58.7 Å². The molecule has 4 heteroatoms. The molecule has 4 nitrogen and oxygen atoms in total. The summed E-state index contributed by atoms with van der Waals surface area (Å²) in [5.41, 5.74) is 6.81. The van der Waals surface area contributed by atoms with E-state index in [0.717, 1.165) is 24.4 Å². The van der Waals surface area contributed by atoms with E-state index in [1.165, 1.54) is 12.8 Å². The van der Waals surface area contributed by atoms with E-state index in [1.807, 2.05) is 6.07 Å². The van der Waals surface area contributed by atoms with Gasteiger partial charge < -0.3 is 15.6 Å². The lowest BCUT2D eigenvalue weighted by Gasteiger charge is -2.39. The van der Waals surface area contributed by atoms with Crippen LogP contribution in [-0.4, -0.2) is 36.2 Å². The van der Waals surface area contributed by atoms with Crippen LogP contribution in [0.2, 0.25) is 0 Å². The van der Waals surface area contributed by atoms with E-state index in [9.17, 15) is 5.11 Å². The van der Waals surface area contributed by atoms with Gasteiger partial charge in [0.1, 0.15) is 11.5 Å². The summed E-state index contributed by atoms with van der Waals surface area (Å²) in [7, 11) is 1.64. The van der Waals surface area contributed by atoms with Crippen molar-refractivity contribution in [1.29, 1.82) is 0 Å². The first kappa shape index (κ1) is 14.2. The van der Waals surface area contributed by atoms with Crippen molar-refractivity contribution in [2.45, 2.75) is 32.4 Å². The summed E-state index contributed by atoms with van der Waals surface area (Å²) in [4.78, 5) is 2.38. The Morgan fingerprint density at radius 1 is 1.47 bits per heavy atom. The quantitative estimate of drug-likeness (QED) is 0.873. The van der Waals surface area contributed by atoms with Crippen molar-refractivity contribution in [2.24, 2.45) is 11.7 Å². The first-order valence-electron chi connectivity index (χ1n) is 6.95. The van der Waals surface area contributed by atoms with Crippen LogP contribution in [0, 0.1) is 5.92 Å². The lowest BCUT2D eigenvalue weighted by Crippen LogP contribution is -2.48. The van der Waals surface area contributed by atoms with E-state index >= 15 is 0 Å². The fourth-order valence-corrected chi connectivity index (χ4v) is 2.95. The van der Waals surface area contributed by atoms with Gasteiger partial charge in [-0.2, -0.15) is 0 Å². The van der Waals surface area contributed by atoms with E-state index in [2.05, 4.69) is 11.8 Å². The molecule has 2 atom stereocenters. The van der Waals surface area contributed by atoms with Crippen LogP contribution in [-0.2, 0) is 6.54 Å². The Balaban J connectivity index is 2.15. The number of nitrogens with zero attached hydrogens (tertiary/aromatic N) is 1. The van der Waals surface area contributed by atoms with Crippen LogP contribution < -0.4 is 10.5 Å². The van der Waals surface area contributed by atoms with Crippen molar-refractivity contribution in [3.05, 3.63) is 23.8 Å². The molecule has 2 unspecified atom stereocenters. The highest BCUT2D eigenvalue weighted by Crippen LogP contribution is 2.28. The number of phenolic OH excluding ortho intramolecular Hbond substituents is 1. The number of aromatic hydroxyl groups is 1. The highest BCUT2D eigenvalue weighted by molar-refractivity contribution is 5.39. The fourth-order valence-electron chi connectivity index (χ4n) is 2.95. The second-order valence-corrected chi connectivity index (χ2v) is 5.39. The predicted molar refractivity (Wildman–Crippen MR) is 76.3 cm³/mol. The largest absolute Gasteiger partial charge is 0.508 e. The predicted octanol–water partition coefficient (Wildman–Crippen LogP) is 1.96. The maximum atomic E-state index is 9.97. The summed E-state index contributed by atoms with van der Waals surface area (Å²) in [5, 5.41) is 9.97. The van der Waals surface area contributed by atoms with Crippen molar-refractivity contribution in [2.75, 3.05) is 20.2 Å². The van der Waals surface area contributed by atoms with E-state index in [0.29, 0.717) is 24.3 Å². The molecule has 0 spiro atoms. The molecule has 0 amide bonds. The Bertz CT molecular complexity index is 423. The fraction of sp³-hybridized carbons (Fsp3) is 0.600. The molecule has 1 saturated heterocycles. The number of nitrogens with two attached hydrogens (primary N) is 1. The summed E-state index contributed by atoms with van der Waals surface area (Å²) in [6.45, 7) is 4.71. The maximum Gasteiger partial charge on any atom is 0.120 e. The van der Waals surface area contributed by atoms with Gasteiger partial charge in [0.15, 0.2) is 0 Å². The zero-order chi connectivity index (χ0) is 13.8. The van der Waals surface area contributed by atoms with Crippen molar-refractivity contribution in [3.63, 3.8) is 0 Å². The lowest BCUT2D eigenvalue weighted by molar-refractivity contribution is 0.0981. The number of hydrogen-bond acceptors (Lipinski definition) is 4. The Hall–Kier alpha value is -1.26. The van der Waals surface area contributed by atoms with Gasteiger partial charge in [-0.25, -0.2) is 0 Å². The molecule has 0 aromatic heterocycles. The molecule has 19 heavy (non-hydrogen) atoms. The summed E-state index contributed by atoms with van der Waals surface area (Å²) < 4.78 is 5.22. The number of piperidine rings is 1. The molecule has 3 N–H and O–H groups in total. The van der Waals surface area contributed by atoms with Crippen LogP contribution in [0.15, 0.2) is 18.2 Å². The minimum absolute atomic E-state index is 0.329. The molecule has 1 aliphatic heterocycles. The number of ether oxygens (including phenoxy) is 1. The molecular weight excluding hydrogens is 240 g/mol. The Morgan fingerprint density at radius 2 is 2.26 bits per heavy atom. The zero-order valence-electron chi connectivity index (χ0n) is 11.8. The van der Waals surface area contributed by atoms with E-state index in [-0.39, 0.29) is 0 Å². The summed E-state index contributed by atoms with van der Waals surface area (Å²) in [6.07, 6.45) is 2.44. The van der Waals surface area contributed by atoms with Crippen LogP contribution in [0.25, 0.3) is 0 Å². The van der Waals surface area contributed by atoms with Crippen LogP contribution in [0.4, 0.5) is 0 Å². The van der Waals surface area contributed by atoms with Gasteiger partial charge in [0.05, 0.1) is 7.11 Å². The molecule has 1 heterocycles. The molecular formula is C15H24N2O2. The molecule has 0 saturated carbocycles. The number of phenols is 1. The molecule has 1 aromatic carbocycles. The van der Waals surface area contributed by atoms with Crippen molar-refractivity contribution >= 4 is 0 Å². The van der Waals surface area contributed by atoms with Gasteiger partial charge in [-0.1, -0.05) is 6.92 Å². The first-order chi connectivity index (χ1) is 9.15. The van der Waals surface area contributed by atoms with Crippen molar-refractivity contribution < 1.29 is 9.84 Å². The van der Waals surface area contributed by atoms with Gasteiger partial charge in [0, 0.05) is 24.7 Å². The van der Waals surface area contributed by atoms with Gasteiger partial charge in [-0.3, -0.25) is 4.90 Å². The molecule has 0 radical (unpaired) electrons. The second kappa shape index (κ2) is 6.26. The third kappa shape index (κ3) is 3.19. The van der Waals surface area contributed by atoms with E-state index < -0.39 is 0 Å². The Labute approximate surface area is 115 Å². The van der Waals surface area contributed by atoms with Crippen LogP contribution in [0.1, 0.15) is 25.3 Å². The SMILES string of the molecule is COc1ccc(O)c(CN2CCCC(C)C2CN)c1. The molecule has 1 fully saturated rings. The molecule has 106 valence electrons. The van der Waals surface area contributed by atoms with Crippen LogP contribution in [0.5, 0.6) is 11.5 Å². The normalized spacial score (nSPS) is 24.4. The number of benzene rings is 1. The van der Waals surface area contributed by atoms with Crippen molar-refractivity contribution in [1.82, 2.24) is 4.90 Å². The highest BCUT2D eigenvalue weighted by Gasteiger charge is 2.27. The molecule has 0 bridgehead atoms. The minimum atomic E-state index is 0.329. The Morgan fingerprint density at radius 3 is 2.95 bits per heavy atom. The van der Waals surface area contributed by atoms with Gasteiger partial charge in [0.2, 0.25) is 0 Å². The second-order valence-electron chi connectivity index (χ2n) is 5.39. The van der Waals surface area contributed by atoms with Gasteiger partial charge in [-0.05, 0) is 43.5 Å². The number of methoxy groups -OCH3 is 1. The van der Waals surface area contributed by atoms with Crippen LogP contribution in [0.3, 0.4) is 0 Å². The van der Waals surface area contributed by atoms with Gasteiger partial charge in [-0.15, -0.1) is 0 Å². The molecule has 1 aromatic rings. The monoisotopic (exact) mass is 264 g/mol. The van der Waals surface area contributed by atoms with Crippen LogP contribution >= 0.6 is 0 Å². The first-order valence-corrected chi connectivity index (χ1v) is 6.95. The third-order valence-corrected chi connectivity index (χ3v) is 4.13. The average molecular weight is 264 g/mol. The van der Waals surface area contributed by atoms with E-state index in [1.54, 1.807) is 19.2 Å². The summed E-state index contributed by atoms with van der Waals surface area (Å²) >= 11 is 0. The maximum absolute atomic E-state index is 9.97. The molecule has 2 rings (SSSR count). The third-order valence-electron chi connectivity index (χ3n) is 4.13. The minimum Gasteiger partial charge on any atom is -0.508 e. The van der Waals surface area contributed by atoms with Crippen molar-refractivity contribution in [3.8, 4) is 11.5 Å². The smallest absolute Gasteiger partial charge is 0.120 e. The zero-order valence-corrected chi connectivity index (χ0v) is 11.8. The lowest BCUT2D eigenvalue weighted by atomic mass is 9.90. The van der Waals surface area contributed by atoms with E-state index in [4.69, 9.17) is 10.5 Å². The molecule has 0 aliphatic carbocycles. The average Bonchev–Trinajstić information content (AvgIpc) is 2.41. The summed E-state index contributed by atoms with van der Waals surface area (Å²) in [6, 6.07) is 5.78. The standard InChI is InChI=1S/C15H24N2O2/c1-11-4-3-7-17(14(11)9-16)10-12-8-13(19-2)5-6-15(12)18/h5-6,8,11,14,18H,3-4,7,9-10,16H2,1-2H3. The highest BCUT2D eigenvalue weighted by atomic mass is 16.5. The van der Waals surface area contributed by atoms with Gasteiger partial charge in [0.25, 0.3) is 0 Å².